The summed E-state index contributed by atoms with van der Waals surface area (Å²) in [5.74, 6) is 0. The van der Waals surface area contributed by atoms with Gasteiger partial charge >= 0.3 is 0 Å². The monoisotopic (exact) mass is 293 g/mol. The van der Waals surface area contributed by atoms with Crippen LogP contribution in [-0.4, -0.2) is 8.60 Å². The van der Waals surface area contributed by atoms with Gasteiger partial charge in [-0.2, -0.15) is 0 Å². The van der Waals surface area contributed by atoms with Gasteiger partial charge in [0.1, 0.15) is 2.04 Å². The predicted octanol–water partition coefficient (Wildman–Crippen LogP) is 2.33. The van der Waals surface area contributed by atoms with Crippen LogP contribution in [0.5, 0.6) is 0 Å². The smallest absolute Gasteiger partial charge is 0.231 e. The van der Waals surface area contributed by atoms with Crippen LogP contribution in [0.2, 0.25) is 0 Å². The van der Waals surface area contributed by atoms with E-state index in [4.69, 9.17) is 0 Å². The molecular weight excluding hydrogens is 295 g/mol. The highest BCUT2D eigenvalue weighted by Gasteiger charge is 2.14. The molecule has 0 spiro atoms. The van der Waals surface area contributed by atoms with Gasteiger partial charge in [0.15, 0.2) is 0 Å². The quantitative estimate of drug-likeness (QED) is 0.396. The fourth-order valence-electron chi connectivity index (χ4n) is 0. The summed E-state index contributed by atoms with van der Waals surface area (Å²) in [6, 6.07) is 0. The van der Waals surface area contributed by atoms with Crippen molar-refractivity contribution in [1.29, 1.82) is 0 Å². The number of hydrogen-bond donors (Lipinski definition) is 1. The molecule has 0 aromatic carbocycles. The molecular formula is CHBBr3S. The Labute approximate surface area is 68.4 Å². The van der Waals surface area contributed by atoms with Crippen molar-refractivity contribution >= 4 is 66.8 Å². The van der Waals surface area contributed by atoms with Crippen molar-refractivity contribution in [3.05, 3.63) is 0 Å². The second kappa shape index (κ2) is 3.00. The first-order valence-electron chi connectivity index (χ1n) is 1.11. The number of hydrogen-bond acceptors (Lipinski definition) is 1. The second-order valence-electron chi connectivity index (χ2n) is 0.671. The fraction of sp³-hybridized carbons (Fsp3) is 1.00. The Morgan fingerprint density at radius 3 is 1.50 bits per heavy atom. The number of alkyl halides is 3. The maximum atomic E-state index is 3.84. The number of rotatable bonds is 0. The van der Waals surface area contributed by atoms with E-state index in [0.717, 1.165) is 0 Å². The first-order chi connectivity index (χ1) is 2.56. The molecule has 1 radical (unpaired) electrons. The Hall–Kier alpha value is 1.85. The van der Waals surface area contributed by atoms with Gasteiger partial charge in [-0.1, -0.05) is 47.8 Å². The molecule has 5 heteroatoms. The average Bonchev–Trinajstić information content (AvgIpc) is 1.35. The Bertz CT molecular complexity index is 40.5. The standard InChI is InChI=1S/CHBBr3S/c3-1(4,5)2-6/h6H. The molecule has 0 aliphatic heterocycles. The summed E-state index contributed by atoms with van der Waals surface area (Å²) >= 11 is 13.4. The summed E-state index contributed by atoms with van der Waals surface area (Å²) in [7, 11) is 0. The van der Waals surface area contributed by atoms with Gasteiger partial charge in [0.25, 0.3) is 0 Å². The summed E-state index contributed by atoms with van der Waals surface area (Å²) in [5, 5.41) is 0. The normalized spacial score (nSPS) is 11.3. The van der Waals surface area contributed by atoms with Gasteiger partial charge < -0.3 is 0 Å². The molecule has 0 saturated carbocycles. The summed E-state index contributed by atoms with van der Waals surface area (Å²) in [4.78, 5) is 0. The van der Waals surface area contributed by atoms with Gasteiger partial charge in [0.05, 0.1) is 0 Å². The minimum absolute atomic E-state index is 0.282. The molecule has 0 atom stereocenters. The minimum Gasteiger partial charge on any atom is -0.231 e. The third kappa shape index (κ3) is 5.85. The van der Waals surface area contributed by atoms with E-state index in [9.17, 15) is 0 Å². The van der Waals surface area contributed by atoms with Crippen molar-refractivity contribution in [2.24, 2.45) is 0 Å². The molecule has 0 aromatic heterocycles. The fourth-order valence-corrected chi connectivity index (χ4v) is 0. The van der Waals surface area contributed by atoms with Crippen molar-refractivity contribution < 1.29 is 0 Å². The third-order valence-electron chi connectivity index (χ3n) is 0.146. The second-order valence-corrected chi connectivity index (χ2v) is 7.87. The van der Waals surface area contributed by atoms with Gasteiger partial charge in [-0.3, -0.25) is 0 Å². The van der Waals surface area contributed by atoms with Crippen LogP contribution in [0.15, 0.2) is 0 Å². The van der Waals surface area contributed by atoms with Crippen molar-refractivity contribution in [1.82, 2.24) is 0 Å². The van der Waals surface area contributed by atoms with Gasteiger partial charge in [-0.15, -0.1) is 0 Å². The van der Waals surface area contributed by atoms with Crippen LogP contribution in [-0.2, 0) is 0 Å². The number of thiol groups is 1. The molecule has 0 aliphatic carbocycles. The molecule has 0 unspecified atom stereocenters. The molecule has 0 aliphatic rings. The van der Waals surface area contributed by atoms with Crippen LogP contribution in [0.4, 0.5) is 0 Å². The SMILES string of the molecule is S[B]C(Br)(Br)Br. The largest absolute Gasteiger partial charge is 0.236 e. The van der Waals surface area contributed by atoms with Crippen molar-refractivity contribution in [3.63, 3.8) is 0 Å². The zero-order chi connectivity index (χ0) is 5.21. The summed E-state index contributed by atoms with van der Waals surface area (Å²) < 4.78 is -0.282. The van der Waals surface area contributed by atoms with Crippen molar-refractivity contribution in [2.75, 3.05) is 0 Å². The predicted molar refractivity (Wildman–Crippen MR) is 44.3 cm³/mol. The molecule has 0 heterocycles. The van der Waals surface area contributed by atoms with Crippen LogP contribution in [0.3, 0.4) is 0 Å². The zero-order valence-electron chi connectivity index (χ0n) is 2.66. The lowest BCUT2D eigenvalue weighted by Crippen LogP contribution is -2.03. The first kappa shape index (κ1) is 7.85. The molecule has 0 fully saturated rings. The maximum Gasteiger partial charge on any atom is 0.236 e. The lowest BCUT2D eigenvalue weighted by Gasteiger charge is -2.02. The molecule has 0 bridgehead atoms. The molecule has 0 amide bonds. The van der Waals surface area contributed by atoms with Gasteiger partial charge in [-0.25, -0.2) is 12.5 Å². The topological polar surface area (TPSA) is 0 Å². The van der Waals surface area contributed by atoms with Crippen molar-refractivity contribution in [3.8, 4) is 0 Å². The van der Waals surface area contributed by atoms with Gasteiger partial charge in [0, 0.05) is 0 Å². The van der Waals surface area contributed by atoms with E-state index >= 15 is 0 Å². The maximum absolute atomic E-state index is 3.84. The van der Waals surface area contributed by atoms with Crippen LogP contribution in [0.1, 0.15) is 0 Å². The summed E-state index contributed by atoms with van der Waals surface area (Å²) in [6.07, 6.45) is 0. The molecule has 0 nitrogen and oxygen atoms in total. The molecule has 0 aromatic rings. The number of halogens is 3. The Morgan fingerprint density at radius 2 is 1.50 bits per heavy atom. The molecule has 0 N–H and O–H groups in total. The van der Waals surface area contributed by atoms with Crippen LogP contribution in [0, 0.1) is 0 Å². The highest BCUT2D eigenvalue weighted by Crippen LogP contribution is 2.32. The van der Waals surface area contributed by atoms with E-state index in [1.54, 1.807) is 6.56 Å². The van der Waals surface area contributed by atoms with E-state index < -0.39 is 0 Å². The van der Waals surface area contributed by atoms with Gasteiger partial charge in [-0.05, 0) is 0 Å². The minimum atomic E-state index is -0.282. The molecule has 0 saturated heterocycles. The highest BCUT2D eigenvalue weighted by molar-refractivity contribution is 9.40. The highest BCUT2D eigenvalue weighted by atomic mass is 80.0. The van der Waals surface area contributed by atoms with Crippen LogP contribution < -0.4 is 0 Å². The van der Waals surface area contributed by atoms with Crippen LogP contribution >= 0.6 is 60.3 Å². The molecule has 6 heavy (non-hydrogen) atoms. The first-order valence-corrected chi connectivity index (χ1v) is 4.01. The van der Waals surface area contributed by atoms with E-state index in [-0.39, 0.29) is 2.04 Å². The Kier molecular flexibility index (Phi) is 3.92. The molecule has 35 valence electrons. The lowest BCUT2D eigenvalue weighted by molar-refractivity contribution is 2.02. The van der Waals surface area contributed by atoms with Crippen molar-refractivity contribution in [2.45, 2.75) is 2.04 Å². The van der Waals surface area contributed by atoms with Crippen LogP contribution in [0.25, 0.3) is 0 Å². The summed E-state index contributed by atoms with van der Waals surface area (Å²) in [6.45, 7) is 1.63. The Balaban J connectivity index is 3.17. The molecule has 0 rings (SSSR count). The van der Waals surface area contributed by atoms with Gasteiger partial charge in [0.2, 0.25) is 6.56 Å². The third-order valence-corrected chi connectivity index (χ3v) is 2.28. The van der Waals surface area contributed by atoms with E-state index in [1.165, 1.54) is 0 Å². The van der Waals surface area contributed by atoms with E-state index in [0.29, 0.717) is 0 Å². The van der Waals surface area contributed by atoms with E-state index in [2.05, 4.69) is 60.3 Å². The average molecular weight is 296 g/mol. The Morgan fingerprint density at radius 1 is 1.33 bits per heavy atom. The van der Waals surface area contributed by atoms with E-state index in [1.807, 2.05) is 0 Å². The summed E-state index contributed by atoms with van der Waals surface area (Å²) in [5.41, 5.74) is 0. The lowest BCUT2D eigenvalue weighted by atomic mass is 10.2. The zero-order valence-corrected chi connectivity index (χ0v) is 8.31.